The van der Waals surface area contributed by atoms with Crippen LogP contribution in [0, 0.1) is 0 Å². The second kappa shape index (κ2) is 8.31. The predicted molar refractivity (Wildman–Crippen MR) is 67.8 cm³/mol. The Morgan fingerprint density at radius 2 is 2.12 bits per heavy atom. The average Bonchev–Trinajstić information content (AvgIpc) is 2.30. The highest BCUT2D eigenvalue weighted by atomic mass is 32.2. The highest BCUT2D eigenvalue weighted by Gasteiger charge is 2.08. The zero-order valence-corrected chi connectivity index (χ0v) is 10.6. The number of benzene rings is 1. The molecule has 0 aliphatic heterocycles. The Balaban J connectivity index is 2.40. The molecule has 0 unspecified atom stereocenters. The molecule has 0 fully saturated rings. The van der Waals surface area contributed by atoms with Crippen LogP contribution in [-0.2, 0) is 6.54 Å². The zero-order valence-electron chi connectivity index (χ0n) is 9.79. The fourth-order valence-electron chi connectivity index (χ4n) is 1.43. The molecule has 1 rings (SSSR count). The van der Waals surface area contributed by atoms with Crippen molar-refractivity contribution >= 4 is 11.8 Å². The number of hydrogen-bond acceptors (Lipinski definition) is 3. The summed E-state index contributed by atoms with van der Waals surface area (Å²) in [5.41, 5.74) is 0.761. The number of halogens is 2. The molecule has 2 nitrogen and oxygen atoms in total. The van der Waals surface area contributed by atoms with Crippen LogP contribution in [0.25, 0.3) is 0 Å². The maximum atomic E-state index is 12.1. The molecule has 1 N–H and O–H groups in total. The zero-order chi connectivity index (χ0) is 12.5. The van der Waals surface area contributed by atoms with Crippen LogP contribution in [0.2, 0.25) is 0 Å². The molecule has 0 radical (unpaired) electrons. The summed E-state index contributed by atoms with van der Waals surface area (Å²) in [4.78, 5) is 0. The highest BCUT2D eigenvalue weighted by Crippen LogP contribution is 2.19. The van der Waals surface area contributed by atoms with Gasteiger partial charge in [0, 0.05) is 12.1 Å². The van der Waals surface area contributed by atoms with Gasteiger partial charge in [0.15, 0.2) is 0 Å². The van der Waals surface area contributed by atoms with E-state index in [0.717, 1.165) is 24.3 Å². The molecular weight excluding hydrogens is 244 g/mol. The normalized spacial score (nSPS) is 10.8. The summed E-state index contributed by atoms with van der Waals surface area (Å²) in [6.07, 6.45) is 3.13. The van der Waals surface area contributed by atoms with E-state index in [4.69, 9.17) is 0 Å². The predicted octanol–water partition coefficient (Wildman–Crippen LogP) is 3.13. The van der Waals surface area contributed by atoms with E-state index in [2.05, 4.69) is 16.3 Å². The number of hydrogen-bond donors (Lipinski definition) is 1. The third-order valence-corrected chi connectivity index (χ3v) is 2.90. The van der Waals surface area contributed by atoms with Gasteiger partial charge < -0.3 is 10.1 Å². The second-order valence-electron chi connectivity index (χ2n) is 3.51. The third-order valence-electron chi connectivity index (χ3n) is 2.21. The molecule has 0 heterocycles. The lowest BCUT2D eigenvalue weighted by atomic mass is 10.2. The summed E-state index contributed by atoms with van der Waals surface area (Å²) >= 11 is 1.80. The fraction of sp³-hybridized carbons (Fsp3) is 0.500. The van der Waals surface area contributed by atoms with Crippen LogP contribution in [0.1, 0.15) is 12.0 Å². The van der Waals surface area contributed by atoms with Gasteiger partial charge in [-0.05, 0) is 31.0 Å². The highest BCUT2D eigenvalue weighted by molar-refractivity contribution is 7.98. The van der Waals surface area contributed by atoms with Gasteiger partial charge in [0.05, 0.1) is 0 Å². The van der Waals surface area contributed by atoms with Crippen LogP contribution < -0.4 is 10.1 Å². The maximum Gasteiger partial charge on any atom is 0.387 e. The van der Waals surface area contributed by atoms with Crippen LogP contribution in [-0.4, -0.2) is 25.2 Å². The maximum absolute atomic E-state index is 12.1. The Labute approximate surface area is 105 Å². The van der Waals surface area contributed by atoms with Gasteiger partial charge in [-0.3, -0.25) is 0 Å². The summed E-state index contributed by atoms with van der Waals surface area (Å²) in [7, 11) is 0. The number of alkyl halides is 2. The third kappa shape index (κ3) is 5.89. The number of para-hydroxylation sites is 1. The molecule has 17 heavy (non-hydrogen) atoms. The monoisotopic (exact) mass is 261 g/mol. The fourth-order valence-corrected chi connectivity index (χ4v) is 1.86. The molecule has 0 spiro atoms. The van der Waals surface area contributed by atoms with Crippen molar-refractivity contribution in [3.05, 3.63) is 29.8 Å². The first-order chi connectivity index (χ1) is 8.24. The van der Waals surface area contributed by atoms with Crippen molar-refractivity contribution in [1.82, 2.24) is 5.32 Å². The van der Waals surface area contributed by atoms with Gasteiger partial charge in [0.2, 0.25) is 0 Å². The van der Waals surface area contributed by atoms with Crippen molar-refractivity contribution in [3.8, 4) is 5.75 Å². The first kappa shape index (κ1) is 14.3. The van der Waals surface area contributed by atoms with E-state index in [-0.39, 0.29) is 5.75 Å². The molecule has 0 aliphatic rings. The Morgan fingerprint density at radius 3 is 2.82 bits per heavy atom. The molecule has 0 aromatic heterocycles. The molecule has 0 saturated heterocycles. The molecule has 96 valence electrons. The van der Waals surface area contributed by atoms with Crippen molar-refractivity contribution in [2.75, 3.05) is 18.6 Å². The van der Waals surface area contributed by atoms with Crippen molar-refractivity contribution in [3.63, 3.8) is 0 Å². The lowest BCUT2D eigenvalue weighted by Gasteiger charge is -2.11. The lowest BCUT2D eigenvalue weighted by molar-refractivity contribution is -0.0504. The van der Waals surface area contributed by atoms with Crippen molar-refractivity contribution in [2.24, 2.45) is 0 Å². The minimum absolute atomic E-state index is 0.250. The van der Waals surface area contributed by atoms with Crippen molar-refractivity contribution in [1.29, 1.82) is 0 Å². The first-order valence-electron chi connectivity index (χ1n) is 5.46. The van der Waals surface area contributed by atoms with Crippen molar-refractivity contribution in [2.45, 2.75) is 19.6 Å². The summed E-state index contributed by atoms with van der Waals surface area (Å²) in [6.45, 7) is -1.34. The van der Waals surface area contributed by atoms with E-state index in [1.807, 2.05) is 6.07 Å². The van der Waals surface area contributed by atoms with E-state index in [0.29, 0.717) is 6.54 Å². The van der Waals surface area contributed by atoms with Crippen LogP contribution in [0.3, 0.4) is 0 Å². The summed E-state index contributed by atoms with van der Waals surface area (Å²) in [6, 6.07) is 6.86. The largest absolute Gasteiger partial charge is 0.434 e. The Bertz CT molecular complexity index is 323. The van der Waals surface area contributed by atoms with Gasteiger partial charge >= 0.3 is 6.61 Å². The quantitative estimate of drug-likeness (QED) is 0.726. The summed E-state index contributed by atoms with van der Waals surface area (Å²) < 4.78 is 28.7. The summed E-state index contributed by atoms with van der Waals surface area (Å²) in [5, 5.41) is 3.21. The van der Waals surface area contributed by atoms with Crippen molar-refractivity contribution < 1.29 is 13.5 Å². The van der Waals surface area contributed by atoms with E-state index < -0.39 is 6.61 Å². The molecule has 0 atom stereocenters. The molecule has 0 amide bonds. The van der Waals surface area contributed by atoms with Crippen LogP contribution in [0.5, 0.6) is 5.75 Å². The van der Waals surface area contributed by atoms with Crippen LogP contribution in [0.15, 0.2) is 24.3 Å². The van der Waals surface area contributed by atoms with E-state index in [1.165, 1.54) is 0 Å². The standard InChI is InChI=1S/C12H17F2NOS/c1-17-8-4-7-15-9-10-5-2-3-6-11(10)16-12(13)14/h2-3,5-6,12,15H,4,7-9H2,1H3. The van der Waals surface area contributed by atoms with E-state index in [9.17, 15) is 8.78 Å². The van der Waals surface area contributed by atoms with Gasteiger partial charge in [-0.1, -0.05) is 18.2 Å². The van der Waals surface area contributed by atoms with E-state index in [1.54, 1.807) is 30.0 Å². The van der Waals surface area contributed by atoms with Gasteiger partial charge in [0.25, 0.3) is 0 Å². The molecule has 0 aliphatic carbocycles. The Hall–Kier alpha value is -0.810. The minimum atomic E-state index is -2.77. The average molecular weight is 261 g/mol. The lowest BCUT2D eigenvalue weighted by Crippen LogP contribution is -2.16. The smallest absolute Gasteiger partial charge is 0.387 e. The number of nitrogens with one attached hydrogen (secondary N) is 1. The van der Waals surface area contributed by atoms with Gasteiger partial charge in [-0.25, -0.2) is 0 Å². The summed E-state index contributed by atoms with van der Waals surface area (Å²) in [5.74, 6) is 1.35. The molecular formula is C12H17F2NOS. The number of ether oxygens (including phenoxy) is 1. The SMILES string of the molecule is CSCCCNCc1ccccc1OC(F)F. The van der Waals surface area contributed by atoms with E-state index >= 15 is 0 Å². The molecule has 0 saturated carbocycles. The molecule has 0 bridgehead atoms. The van der Waals surface area contributed by atoms with Gasteiger partial charge in [-0.15, -0.1) is 0 Å². The van der Waals surface area contributed by atoms with Crippen LogP contribution in [0.4, 0.5) is 8.78 Å². The minimum Gasteiger partial charge on any atom is -0.434 e. The van der Waals surface area contributed by atoms with Gasteiger partial charge in [0.1, 0.15) is 5.75 Å². The van der Waals surface area contributed by atoms with Gasteiger partial charge in [-0.2, -0.15) is 20.5 Å². The topological polar surface area (TPSA) is 21.3 Å². The molecule has 1 aromatic carbocycles. The Morgan fingerprint density at radius 1 is 1.35 bits per heavy atom. The number of thioether (sulfide) groups is 1. The molecule has 1 aromatic rings. The second-order valence-corrected chi connectivity index (χ2v) is 4.49. The molecule has 5 heteroatoms. The van der Waals surface area contributed by atoms with Crippen LogP contribution >= 0.6 is 11.8 Å². The first-order valence-corrected chi connectivity index (χ1v) is 6.86. The Kier molecular flexibility index (Phi) is 6.96. The number of rotatable bonds is 8.